The van der Waals surface area contributed by atoms with Crippen molar-refractivity contribution in [1.82, 2.24) is 29.9 Å². The van der Waals surface area contributed by atoms with Gasteiger partial charge < -0.3 is 20.5 Å². The molecule has 0 spiro atoms. The minimum absolute atomic E-state index is 0.193. The molecule has 0 aliphatic heterocycles. The predicted octanol–water partition coefficient (Wildman–Crippen LogP) is 8.66. The lowest BCUT2D eigenvalue weighted by molar-refractivity contribution is -0.137. The summed E-state index contributed by atoms with van der Waals surface area (Å²) in [6, 6.07) is 17.2. The Kier molecular flexibility index (Phi) is 11.1. The van der Waals surface area contributed by atoms with E-state index < -0.39 is 11.7 Å². The van der Waals surface area contributed by atoms with Crippen molar-refractivity contribution in [3.8, 4) is 28.6 Å². The quantitative estimate of drug-likeness (QED) is 0.116. The van der Waals surface area contributed by atoms with E-state index in [2.05, 4.69) is 54.4 Å². The van der Waals surface area contributed by atoms with Gasteiger partial charge >= 0.3 is 6.18 Å². The largest absolute Gasteiger partial charge is 0.506 e. The monoisotopic (exact) mass is 656 g/mol. The van der Waals surface area contributed by atoms with Gasteiger partial charge in [0.1, 0.15) is 47.4 Å². The zero-order chi connectivity index (χ0) is 33.9. The van der Waals surface area contributed by atoms with E-state index >= 15 is 0 Å². The summed E-state index contributed by atoms with van der Waals surface area (Å²) in [5.74, 6) is 2.44. The highest BCUT2D eigenvalue weighted by Crippen LogP contribution is 2.33. The minimum Gasteiger partial charge on any atom is -0.506 e. The summed E-state index contributed by atoms with van der Waals surface area (Å²) in [6.45, 7) is 5.95. The maximum atomic E-state index is 12.8. The molecule has 0 aliphatic rings. The normalized spacial score (nSPS) is 11.2. The Hall–Kier alpha value is -5.59. The maximum Gasteiger partial charge on any atom is 0.416 e. The van der Waals surface area contributed by atoms with Crippen LogP contribution in [0.15, 0.2) is 85.7 Å². The Labute approximate surface area is 275 Å². The molecule has 0 amide bonds. The number of nitrogens with one attached hydrogen (secondary N) is 2. The molecule has 0 unspecified atom stereocenters. The van der Waals surface area contributed by atoms with Crippen molar-refractivity contribution in [3.05, 3.63) is 91.3 Å². The van der Waals surface area contributed by atoms with E-state index in [-0.39, 0.29) is 11.6 Å². The van der Waals surface area contributed by atoms with Gasteiger partial charge in [-0.1, -0.05) is 51.0 Å². The van der Waals surface area contributed by atoms with Crippen molar-refractivity contribution < 1.29 is 23.0 Å². The number of phenols is 1. The van der Waals surface area contributed by atoms with Gasteiger partial charge in [0, 0.05) is 35.5 Å². The van der Waals surface area contributed by atoms with E-state index in [1.807, 2.05) is 18.2 Å². The minimum atomic E-state index is -4.39. The van der Waals surface area contributed by atoms with Gasteiger partial charge in [-0.2, -0.15) is 13.2 Å². The van der Waals surface area contributed by atoms with Gasteiger partial charge in [0.05, 0.1) is 11.3 Å². The summed E-state index contributed by atoms with van der Waals surface area (Å²) in [6.07, 6.45) is 4.19. The number of rotatable bonds is 11. The van der Waals surface area contributed by atoms with Crippen molar-refractivity contribution in [3.63, 3.8) is 0 Å². The zero-order valence-corrected chi connectivity index (χ0v) is 26.5. The maximum absolute atomic E-state index is 12.8. The smallest absolute Gasteiger partial charge is 0.416 e. The van der Waals surface area contributed by atoms with E-state index in [0.29, 0.717) is 28.0 Å². The molecule has 0 radical (unpaired) electrons. The Morgan fingerprint density at radius 1 is 0.688 bits per heavy atom. The first-order chi connectivity index (χ1) is 23.3. The second-order valence-electron chi connectivity index (χ2n) is 10.7. The molecule has 0 fully saturated rings. The Balaban J connectivity index is 0.000000236. The number of aromatic hydroxyl groups is 1. The third kappa shape index (κ3) is 8.41. The lowest BCUT2D eigenvalue weighted by Crippen LogP contribution is -2.04. The van der Waals surface area contributed by atoms with Gasteiger partial charge in [-0.25, -0.2) is 29.9 Å². The molecule has 6 aromatic rings. The summed E-state index contributed by atoms with van der Waals surface area (Å²) >= 11 is 0. The molecular formula is C35H35F3N8O2. The van der Waals surface area contributed by atoms with Crippen molar-refractivity contribution in [2.45, 2.75) is 45.7 Å². The number of hydrogen-bond acceptors (Lipinski definition) is 10. The Morgan fingerprint density at radius 3 is 1.90 bits per heavy atom. The number of alkyl halides is 3. The molecule has 248 valence electrons. The highest BCUT2D eigenvalue weighted by atomic mass is 19.4. The molecule has 0 atom stereocenters. The summed E-state index contributed by atoms with van der Waals surface area (Å²) in [5.41, 5.74) is 1.46. The lowest BCUT2D eigenvalue weighted by atomic mass is 10.1. The first-order valence-corrected chi connectivity index (χ1v) is 15.6. The van der Waals surface area contributed by atoms with Crippen molar-refractivity contribution in [2.24, 2.45) is 0 Å². The third-order valence-electron chi connectivity index (χ3n) is 7.28. The fourth-order valence-electron chi connectivity index (χ4n) is 4.76. The molecule has 3 heterocycles. The van der Waals surface area contributed by atoms with Crippen LogP contribution in [0.1, 0.15) is 45.1 Å². The number of benzene rings is 3. The van der Waals surface area contributed by atoms with Gasteiger partial charge in [0.2, 0.25) is 5.88 Å². The lowest BCUT2D eigenvalue weighted by Gasteiger charge is -2.11. The zero-order valence-electron chi connectivity index (χ0n) is 26.5. The van der Waals surface area contributed by atoms with Gasteiger partial charge in [-0.15, -0.1) is 0 Å². The summed E-state index contributed by atoms with van der Waals surface area (Å²) in [7, 11) is 0. The van der Waals surface area contributed by atoms with Crippen LogP contribution >= 0.6 is 0 Å². The molecule has 0 saturated heterocycles. The number of nitrogens with zero attached hydrogens (tertiary/aromatic N) is 6. The number of aromatic nitrogens is 6. The Morgan fingerprint density at radius 2 is 1.27 bits per heavy atom. The molecule has 6 rings (SSSR count). The number of phenolic OH excluding ortho intramolecular Hbond substituents is 1. The van der Waals surface area contributed by atoms with Crippen LogP contribution in [0.4, 0.5) is 24.8 Å². The molecule has 13 heteroatoms. The molecular weight excluding hydrogens is 621 g/mol. The predicted molar refractivity (Wildman–Crippen MR) is 180 cm³/mol. The Bertz CT molecular complexity index is 1960. The fraction of sp³-hybridized carbons (Fsp3) is 0.257. The SMILES string of the molecule is CCCCNc1ncnc2c(O)cccc12.CCCCNc1ncnc2c(Oc3cc(-c4ccc(C(F)(F)F)cc4)ncn3)cccc12. The van der Waals surface area contributed by atoms with Crippen molar-refractivity contribution >= 4 is 33.4 Å². The van der Waals surface area contributed by atoms with E-state index in [9.17, 15) is 18.3 Å². The van der Waals surface area contributed by atoms with Gasteiger partial charge in [-0.05, 0) is 49.2 Å². The molecule has 10 nitrogen and oxygen atoms in total. The van der Waals surface area contributed by atoms with Gasteiger partial charge in [-0.3, -0.25) is 0 Å². The average Bonchev–Trinajstić information content (AvgIpc) is 3.09. The van der Waals surface area contributed by atoms with Crippen LogP contribution in [0.5, 0.6) is 17.4 Å². The molecule has 0 saturated carbocycles. The number of halogens is 3. The van der Waals surface area contributed by atoms with Crippen LogP contribution in [0.2, 0.25) is 0 Å². The summed E-state index contributed by atoms with van der Waals surface area (Å²) in [4.78, 5) is 25.2. The second kappa shape index (κ2) is 15.8. The van der Waals surface area contributed by atoms with Gasteiger partial charge in [0.15, 0.2) is 5.75 Å². The number of fused-ring (bicyclic) bond motifs is 2. The van der Waals surface area contributed by atoms with Gasteiger partial charge in [0.25, 0.3) is 0 Å². The summed E-state index contributed by atoms with van der Waals surface area (Å²) < 4.78 is 44.4. The second-order valence-corrected chi connectivity index (χ2v) is 10.7. The van der Waals surface area contributed by atoms with Crippen molar-refractivity contribution in [2.75, 3.05) is 23.7 Å². The number of ether oxygens (including phenoxy) is 1. The summed E-state index contributed by atoms with van der Waals surface area (Å²) in [5, 5.41) is 17.9. The molecule has 3 aromatic heterocycles. The van der Waals surface area contributed by atoms with Crippen molar-refractivity contribution in [1.29, 1.82) is 0 Å². The fourth-order valence-corrected chi connectivity index (χ4v) is 4.76. The number of hydrogen-bond donors (Lipinski definition) is 3. The van der Waals surface area contributed by atoms with Crippen LogP contribution < -0.4 is 15.4 Å². The van der Waals surface area contributed by atoms with Crippen LogP contribution in [0.25, 0.3) is 33.1 Å². The van der Waals surface area contributed by atoms with E-state index in [0.717, 1.165) is 73.3 Å². The first-order valence-electron chi connectivity index (χ1n) is 15.6. The molecule has 48 heavy (non-hydrogen) atoms. The van der Waals surface area contributed by atoms with Crippen LogP contribution in [-0.2, 0) is 6.18 Å². The molecule has 0 aliphatic carbocycles. The molecule has 0 bridgehead atoms. The first kappa shape index (κ1) is 33.8. The number of anilines is 2. The topological polar surface area (TPSA) is 131 Å². The average molecular weight is 657 g/mol. The molecule has 3 aromatic carbocycles. The van der Waals surface area contributed by atoms with Crippen LogP contribution in [-0.4, -0.2) is 48.1 Å². The number of para-hydroxylation sites is 2. The van der Waals surface area contributed by atoms with Crippen LogP contribution in [0, 0.1) is 0 Å². The van der Waals surface area contributed by atoms with E-state index in [1.165, 1.54) is 31.1 Å². The van der Waals surface area contributed by atoms with E-state index in [4.69, 9.17) is 4.74 Å². The number of unbranched alkanes of at least 4 members (excludes halogenated alkanes) is 2. The standard InChI is InChI=1S/C23H20F3N5O.C12H15N3O/c1-2-3-11-27-22-17-5-4-6-19(21(17)30-14-31-22)32-20-12-18(28-13-29-20)15-7-9-16(10-8-15)23(24,25)26;1-2-3-7-13-12-9-5-4-6-10(16)11(9)14-8-15-12/h4-10,12-14H,2-3,11H2,1H3,(H,27,30,31);4-6,8,16H,2-3,7H2,1H3,(H,13,14,15). The highest BCUT2D eigenvalue weighted by Gasteiger charge is 2.30. The molecule has 3 N–H and O–H groups in total. The third-order valence-corrected chi connectivity index (χ3v) is 7.28. The highest BCUT2D eigenvalue weighted by molar-refractivity contribution is 5.93. The van der Waals surface area contributed by atoms with E-state index in [1.54, 1.807) is 24.3 Å². The van der Waals surface area contributed by atoms with Crippen LogP contribution in [0.3, 0.4) is 0 Å².